The molecule has 1 fully saturated rings. The van der Waals surface area contributed by atoms with E-state index < -0.39 is 6.10 Å². The molecule has 1 aromatic carbocycles. The molecule has 0 spiro atoms. The van der Waals surface area contributed by atoms with E-state index in [4.69, 9.17) is 18.9 Å². The summed E-state index contributed by atoms with van der Waals surface area (Å²) in [5.74, 6) is 0.0619. The van der Waals surface area contributed by atoms with Gasteiger partial charge >= 0.3 is 5.97 Å². The van der Waals surface area contributed by atoms with Gasteiger partial charge in [-0.1, -0.05) is 0 Å². The van der Waals surface area contributed by atoms with E-state index in [0.29, 0.717) is 17.9 Å². The number of esters is 1. The standard InChI is InChI=1S/C18H23NO7/c1-23-9-16(21)19-10-3-4-14-12(5-10)13-6-11(7-17(22)24-2)25-15(8-20)18(13)26-14/h3-5,11,13,15,18,20H,6-9H2,1-2H3,(H,19,21)/t11-,13-,15-,18+/m1/s1. The number of rotatable bonds is 6. The number of anilines is 1. The Morgan fingerprint density at radius 2 is 2.15 bits per heavy atom. The molecule has 1 saturated heterocycles. The highest BCUT2D eigenvalue weighted by atomic mass is 16.6. The van der Waals surface area contributed by atoms with E-state index in [0.717, 1.165) is 5.56 Å². The van der Waals surface area contributed by atoms with Crippen LogP contribution in [0.25, 0.3) is 0 Å². The number of carbonyl (C=O) groups excluding carboxylic acids is 2. The summed E-state index contributed by atoms with van der Waals surface area (Å²) >= 11 is 0. The lowest BCUT2D eigenvalue weighted by Crippen LogP contribution is -2.46. The lowest BCUT2D eigenvalue weighted by molar-refractivity contribution is -0.156. The van der Waals surface area contributed by atoms with Crippen molar-refractivity contribution in [3.8, 4) is 5.75 Å². The highest BCUT2D eigenvalue weighted by Gasteiger charge is 2.46. The molecule has 1 amide bonds. The first kappa shape index (κ1) is 18.6. The van der Waals surface area contributed by atoms with Crippen molar-refractivity contribution in [2.24, 2.45) is 0 Å². The normalized spacial score (nSPS) is 26.4. The summed E-state index contributed by atoms with van der Waals surface area (Å²) in [7, 11) is 2.79. The Hall–Kier alpha value is -2.16. The van der Waals surface area contributed by atoms with Crippen LogP contribution in [0.3, 0.4) is 0 Å². The predicted molar refractivity (Wildman–Crippen MR) is 91.1 cm³/mol. The number of ether oxygens (including phenoxy) is 4. The maximum atomic E-state index is 11.7. The molecule has 2 aliphatic heterocycles. The van der Waals surface area contributed by atoms with Crippen molar-refractivity contribution in [2.45, 2.75) is 37.1 Å². The maximum absolute atomic E-state index is 11.7. The summed E-state index contributed by atoms with van der Waals surface area (Å²) in [6.45, 7) is -0.231. The van der Waals surface area contributed by atoms with E-state index in [-0.39, 0.29) is 49.6 Å². The summed E-state index contributed by atoms with van der Waals surface area (Å²) < 4.78 is 21.3. The Morgan fingerprint density at radius 3 is 2.85 bits per heavy atom. The molecule has 0 unspecified atom stereocenters. The fourth-order valence-electron chi connectivity index (χ4n) is 3.56. The third-order valence-corrected chi connectivity index (χ3v) is 4.68. The van der Waals surface area contributed by atoms with E-state index in [1.165, 1.54) is 14.2 Å². The molecule has 26 heavy (non-hydrogen) atoms. The monoisotopic (exact) mass is 365 g/mol. The zero-order chi connectivity index (χ0) is 18.7. The van der Waals surface area contributed by atoms with Gasteiger partial charge < -0.3 is 29.4 Å². The van der Waals surface area contributed by atoms with Crippen LogP contribution in [0.2, 0.25) is 0 Å². The number of nitrogens with one attached hydrogen (secondary N) is 1. The molecule has 1 aromatic rings. The Kier molecular flexibility index (Phi) is 5.75. The molecule has 0 aromatic heterocycles. The number of aliphatic hydroxyl groups excluding tert-OH is 1. The summed E-state index contributed by atoms with van der Waals surface area (Å²) in [5, 5.41) is 12.4. The first-order chi connectivity index (χ1) is 12.5. The Labute approximate surface area is 151 Å². The molecular formula is C18H23NO7. The highest BCUT2D eigenvalue weighted by Crippen LogP contribution is 2.47. The van der Waals surface area contributed by atoms with Crippen molar-refractivity contribution < 1.29 is 33.6 Å². The molecular weight excluding hydrogens is 342 g/mol. The molecule has 2 aliphatic rings. The van der Waals surface area contributed by atoms with Gasteiger partial charge in [-0.25, -0.2) is 0 Å². The van der Waals surface area contributed by atoms with Crippen LogP contribution in [0.1, 0.15) is 24.3 Å². The number of hydrogen-bond donors (Lipinski definition) is 2. The van der Waals surface area contributed by atoms with Gasteiger partial charge in [-0.15, -0.1) is 0 Å². The van der Waals surface area contributed by atoms with Crippen LogP contribution >= 0.6 is 0 Å². The molecule has 0 saturated carbocycles. The summed E-state index contributed by atoms with van der Waals surface area (Å²) in [4.78, 5) is 23.3. The zero-order valence-corrected chi connectivity index (χ0v) is 14.8. The molecule has 2 heterocycles. The van der Waals surface area contributed by atoms with Gasteiger partial charge in [0, 0.05) is 24.3 Å². The number of benzene rings is 1. The number of aliphatic hydroxyl groups is 1. The van der Waals surface area contributed by atoms with Crippen LogP contribution in [0.15, 0.2) is 18.2 Å². The molecule has 0 aliphatic carbocycles. The SMILES string of the molecule is COCC(=O)Nc1ccc2c(c1)[C@H]1C[C@H](CC(=O)OC)O[C@H](CO)[C@H]1O2. The van der Waals surface area contributed by atoms with Gasteiger partial charge in [-0.3, -0.25) is 9.59 Å². The second-order valence-electron chi connectivity index (χ2n) is 6.42. The molecule has 4 atom stereocenters. The van der Waals surface area contributed by atoms with Crippen LogP contribution in [-0.4, -0.2) is 62.7 Å². The van der Waals surface area contributed by atoms with Gasteiger partial charge in [-0.05, 0) is 24.6 Å². The second-order valence-corrected chi connectivity index (χ2v) is 6.42. The molecule has 8 heteroatoms. The second kappa shape index (κ2) is 8.03. The van der Waals surface area contributed by atoms with Gasteiger partial charge in [0.1, 0.15) is 24.6 Å². The molecule has 142 valence electrons. The average molecular weight is 365 g/mol. The largest absolute Gasteiger partial charge is 0.487 e. The van der Waals surface area contributed by atoms with E-state index in [1.54, 1.807) is 12.1 Å². The van der Waals surface area contributed by atoms with Crippen LogP contribution in [-0.2, 0) is 23.8 Å². The van der Waals surface area contributed by atoms with Gasteiger partial charge in [0.25, 0.3) is 0 Å². The maximum Gasteiger partial charge on any atom is 0.308 e. The molecule has 2 N–H and O–H groups in total. The smallest absolute Gasteiger partial charge is 0.308 e. The minimum Gasteiger partial charge on any atom is -0.487 e. The highest BCUT2D eigenvalue weighted by molar-refractivity contribution is 5.91. The lowest BCUT2D eigenvalue weighted by Gasteiger charge is -2.36. The van der Waals surface area contributed by atoms with Gasteiger partial charge in [0.15, 0.2) is 0 Å². The fourth-order valence-corrected chi connectivity index (χ4v) is 3.56. The quantitative estimate of drug-likeness (QED) is 0.720. The summed E-state index contributed by atoms with van der Waals surface area (Å²) in [5.41, 5.74) is 1.58. The van der Waals surface area contributed by atoms with Crippen LogP contribution in [0, 0.1) is 0 Å². The third-order valence-electron chi connectivity index (χ3n) is 4.68. The van der Waals surface area contributed by atoms with Crippen LogP contribution in [0.5, 0.6) is 5.75 Å². The molecule has 8 nitrogen and oxygen atoms in total. The van der Waals surface area contributed by atoms with Gasteiger partial charge in [-0.2, -0.15) is 0 Å². The minimum atomic E-state index is -0.526. The Morgan fingerprint density at radius 1 is 1.35 bits per heavy atom. The lowest BCUT2D eigenvalue weighted by atomic mass is 9.84. The van der Waals surface area contributed by atoms with Crippen molar-refractivity contribution in [3.63, 3.8) is 0 Å². The average Bonchev–Trinajstić information content (AvgIpc) is 2.99. The van der Waals surface area contributed by atoms with Crippen molar-refractivity contribution in [1.29, 1.82) is 0 Å². The van der Waals surface area contributed by atoms with E-state index in [9.17, 15) is 14.7 Å². The van der Waals surface area contributed by atoms with Crippen molar-refractivity contribution in [2.75, 3.05) is 32.8 Å². The summed E-state index contributed by atoms with van der Waals surface area (Å²) in [6.07, 6.45) is -0.521. The van der Waals surface area contributed by atoms with Crippen molar-refractivity contribution in [3.05, 3.63) is 23.8 Å². The van der Waals surface area contributed by atoms with Gasteiger partial charge in [0.05, 0.1) is 26.2 Å². The number of carbonyl (C=O) groups is 2. The van der Waals surface area contributed by atoms with Gasteiger partial charge in [0.2, 0.25) is 5.91 Å². The predicted octanol–water partition coefficient (Wildman–Crippen LogP) is 0.829. The molecule has 0 radical (unpaired) electrons. The van der Waals surface area contributed by atoms with Crippen LogP contribution < -0.4 is 10.1 Å². The molecule has 3 rings (SSSR count). The minimum absolute atomic E-state index is 0.0265. The first-order valence-corrected chi connectivity index (χ1v) is 8.48. The Balaban J connectivity index is 1.80. The first-order valence-electron chi connectivity index (χ1n) is 8.48. The van der Waals surface area contributed by atoms with Crippen molar-refractivity contribution >= 4 is 17.6 Å². The number of fused-ring (bicyclic) bond motifs is 3. The number of hydrogen-bond acceptors (Lipinski definition) is 7. The Bertz CT molecular complexity index is 678. The zero-order valence-electron chi connectivity index (χ0n) is 14.8. The summed E-state index contributed by atoms with van der Waals surface area (Å²) in [6, 6.07) is 5.41. The van der Waals surface area contributed by atoms with E-state index in [2.05, 4.69) is 5.32 Å². The van der Waals surface area contributed by atoms with E-state index in [1.807, 2.05) is 6.07 Å². The number of amides is 1. The topological polar surface area (TPSA) is 103 Å². The number of methoxy groups -OCH3 is 2. The third kappa shape index (κ3) is 3.82. The fraction of sp³-hybridized carbons (Fsp3) is 0.556. The molecule has 0 bridgehead atoms. The van der Waals surface area contributed by atoms with E-state index >= 15 is 0 Å². The van der Waals surface area contributed by atoms with Crippen LogP contribution in [0.4, 0.5) is 5.69 Å². The van der Waals surface area contributed by atoms with Crippen molar-refractivity contribution in [1.82, 2.24) is 0 Å².